The normalized spacial score (nSPS) is 23.0. The van der Waals surface area contributed by atoms with Crippen LogP contribution in [0.15, 0.2) is 24.3 Å². The molecule has 4 heteroatoms. The minimum Gasteiger partial charge on any atom is -0.459 e. The van der Waals surface area contributed by atoms with E-state index in [1.54, 1.807) is 13.8 Å². The highest BCUT2D eigenvalue weighted by atomic mass is 16.6. The van der Waals surface area contributed by atoms with E-state index < -0.39 is 0 Å². The Morgan fingerprint density at radius 3 is 1.67 bits per heavy atom. The summed E-state index contributed by atoms with van der Waals surface area (Å²) in [5.41, 5.74) is 0.770. The third-order valence-corrected chi connectivity index (χ3v) is 2.82. The highest BCUT2D eigenvalue weighted by molar-refractivity contribution is 5.87. The molecule has 0 heterocycles. The van der Waals surface area contributed by atoms with Crippen LogP contribution in [0.2, 0.25) is 0 Å². The highest BCUT2D eigenvalue weighted by Gasteiger charge is 2.27. The molecule has 0 aromatic rings. The Hall–Kier alpha value is -1.58. The molecule has 0 aliphatic heterocycles. The van der Waals surface area contributed by atoms with Crippen molar-refractivity contribution >= 4 is 11.9 Å². The molecule has 100 valence electrons. The summed E-state index contributed by atoms with van der Waals surface area (Å²) in [4.78, 5) is 22.8. The number of hydrogen-bond donors (Lipinski definition) is 0. The van der Waals surface area contributed by atoms with Crippen LogP contribution in [0.4, 0.5) is 0 Å². The van der Waals surface area contributed by atoms with Gasteiger partial charge in [-0.3, -0.25) is 0 Å². The van der Waals surface area contributed by atoms with Crippen molar-refractivity contribution in [3.05, 3.63) is 24.3 Å². The summed E-state index contributed by atoms with van der Waals surface area (Å²) in [5, 5.41) is 0. The summed E-state index contributed by atoms with van der Waals surface area (Å²) >= 11 is 0. The van der Waals surface area contributed by atoms with Crippen molar-refractivity contribution in [1.29, 1.82) is 0 Å². The zero-order valence-electron chi connectivity index (χ0n) is 11.0. The summed E-state index contributed by atoms with van der Waals surface area (Å²) in [5.74, 6) is -0.765. The first-order valence-corrected chi connectivity index (χ1v) is 6.13. The summed E-state index contributed by atoms with van der Waals surface area (Å²) in [6.45, 7) is 10.3. The lowest BCUT2D eigenvalue weighted by atomic mass is 9.94. The molecular formula is C14H20O4. The Bertz CT molecular complexity index is 336. The van der Waals surface area contributed by atoms with Gasteiger partial charge in [-0.05, 0) is 33.1 Å². The van der Waals surface area contributed by atoms with Crippen LogP contribution in [-0.2, 0) is 19.1 Å². The molecule has 1 rings (SSSR count). The molecule has 0 bridgehead atoms. The van der Waals surface area contributed by atoms with Gasteiger partial charge in [0.25, 0.3) is 0 Å². The second-order valence-electron chi connectivity index (χ2n) is 4.78. The van der Waals surface area contributed by atoms with E-state index in [1.165, 1.54) is 0 Å². The van der Waals surface area contributed by atoms with Gasteiger partial charge in [-0.1, -0.05) is 13.2 Å². The minimum absolute atomic E-state index is 0.189. The van der Waals surface area contributed by atoms with Crippen LogP contribution in [0.1, 0.15) is 39.5 Å². The molecule has 0 amide bonds. The summed E-state index contributed by atoms with van der Waals surface area (Å²) < 4.78 is 10.5. The molecule has 0 aromatic heterocycles. The zero-order valence-corrected chi connectivity index (χ0v) is 11.0. The molecule has 1 aliphatic rings. The van der Waals surface area contributed by atoms with Crippen molar-refractivity contribution < 1.29 is 19.1 Å². The molecule has 0 aromatic carbocycles. The topological polar surface area (TPSA) is 52.6 Å². The Kier molecular flexibility index (Phi) is 5.13. The van der Waals surface area contributed by atoms with Gasteiger partial charge in [-0.2, -0.15) is 0 Å². The highest BCUT2D eigenvalue weighted by Crippen LogP contribution is 2.24. The average Bonchev–Trinajstić information content (AvgIpc) is 2.29. The SMILES string of the molecule is C=C(C)C(=O)OC1CCCC(OC(=O)C(=C)C)C1. The number of ether oxygens (including phenoxy) is 2. The van der Waals surface area contributed by atoms with Gasteiger partial charge in [0.15, 0.2) is 0 Å². The second-order valence-corrected chi connectivity index (χ2v) is 4.78. The number of rotatable bonds is 4. The first kappa shape index (κ1) is 14.5. The maximum Gasteiger partial charge on any atom is 0.333 e. The van der Waals surface area contributed by atoms with Gasteiger partial charge >= 0.3 is 11.9 Å². The molecule has 18 heavy (non-hydrogen) atoms. The number of hydrogen-bond acceptors (Lipinski definition) is 4. The van der Waals surface area contributed by atoms with Crippen LogP contribution in [0.25, 0.3) is 0 Å². The van der Waals surface area contributed by atoms with E-state index in [1.807, 2.05) is 0 Å². The predicted octanol–water partition coefficient (Wildman–Crippen LogP) is 2.54. The summed E-state index contributed by atoms with van der Waals surface area (Å²) in [6, 6.07) is 0. The number of carbonyl (C=O) groups excluding carboxylic acids is 2. The standard InChI is InChI=1S/C14H20O4/c1-9(2)13(15)17-11-6-5-7-12(8-11)18-14(16)10(3)4/h11-12H,1,3,5-8H2,2,4H3. The molecular weight excluding hydrogens is 232 g/mol. The van der Waals surface area contributed by atoms with Crippen molar-refractivity contribution in [2.45, 2.75) is 51.7 Å². The quantitative estimate of drug-likeness (QED) is 0.570. The van der Waals surface area contributed by atoms with Gasteiger partial charge in [-0.25, -0.2) is 9.59 Å². The molecule has 0 radical (unpaired) electrons. The van der Waals surface area contributed by atoms with Gasteiger partial charge in [0.1, 0.15) is 12.2 Å². The van der Waals surface area contributed by atoms with E-state index in [0.717, 1.165) is 19.3 Å². The van der Waals surface area contributed by atoms with E-state index in [-0.39, 0.29) is 24.1 Å². The third-order valence-electron chi connectivity index (χ3n) is 2.82. The third kappa shape index (κ3) is 4.35. The minimum atomic E-state index is -0.383. The monoisotopic (exact) mass is 252 g/mol. The molecule has 0 saturated heterocycles. The average molecular weight is 252 g/mol. The van der Waals surface area contributed by atoms with E-state index in [4.69, 9.17) is 9.47 Å². The van der Waals surface area contributed by atoms with Gasteiger partial charge in [-0.15, -0.1) is 0 Å². The van der Waals surface area contributed by atoms with Crippen LogP contribution in [0, 0.1) is 0 Å². The Labute approximate surface area is 108 Å². The lowest BCUT2D eigenvalue weighted by molar-refractivity contribution is -0.153. The van der Waals surface area contributed by atoms with Crippen molar-refractivity contribution in [1.82, 2.24) is 0 Å². The van der Waals surface area contributed by atoms with Gasteiger partial charge in [0.2, 0.25) is 0 Å². The lowest BCUT2D eigenvalue weighted by Crippen LogP contribution is -2.31. The fourth-order valence-electron chi connectivity index (χ4n) is 1.82. The fourth-order valence-corrected chi connectivity index (χ4v) is 1.82. The number of carbonyl (C=O) groups is 2. The first-order chi connectivity index (χ1) is 8.40. The Balaban J connectivity index is 2.46. The van der Waals surface area contributed by atoms with E-state index >= 15 is 0 Å². The molecule has 1 fully saturated rings. The summed E-state index contributed by atoms with van der Waals surface area (Å²) in [7, 11) is 0. The van der Waals surface area contributed by atoms with E-state index in [9.17, 15) is 9.59 Å². The van der Waals surface area contributed by atoms with E-state index in [2.05, 4.69) is 13.2 Å². The molecule has 1 saturated carbocycles. The number of esters is 2. The van der Waals surface area contributed by atoms with Gasteiger partial charge in [0.05, 0.1) is 0 Å². The Morgan fingerprint density at radius 2 is 1.33 bits per heavy atom. The van der Waals surface area contributed by atoms with Crippen LogP contribution in [-0.4, -0.2) is 24.1 Å². The molecule has 2 atom stereocenters. The predicted molar refractivity (Wildman–Crippen MR) is 67.9 cm³/mol. The molecule has 4 nitrogen and oxygen atoms in total. The van der Waals surface area contributed by atoms with E-state index in [0.29, 0.717) is 17.6 Å². The second kappa shape index (κ2) is 6.38. The van der Waals surface area contributed by atoms with Crippen molar-refractivity contribution in [2.75, 3.05) is 0 Å². The maximum atomic E-state index is 11.4. The maximum absolute atomic E-state index is 11.4. The summed E-state index contributed by atoms with van der Waals surface area (Å²) in [6.07, 6.45) is 2.66. The van der Waals surface area contributed by atoms with Crippen molar-refractivity contribution in [3.8, 4) is 0 Å². The Morgan fingerprint density at radius 1 is 0.944 bits per heavy atom. The van der Waals surface area contributed by atoms with Crippen molar-refractivity contribution in [2.24, 2.45) is 0 Å². The molecule has 1 aliphatic carbocycles. The smallest absolute Gasteiger partial charge is 0.333 e. The van der Waals surface area contributed by atoms with Crippen molar-refractivity contribution in [3.63, 3.8) is 0 Å². The molecule has 0 N–H and O–H groups in total. The van der Waals surface area contributed by atoms with Gasteiger partial charge < -0.3 is 9.47 Å². The molecule has 2 unspecified atom stereocenters. The fraction of sp³-hybridized carbons (Fsp3) is 0.571. The largest absolute Gasteiger partial charge is 0.459 e. The lowest BCUT2D eigenvalue weighted by Gasteiger charge is -2.28. The van der Waals surface area contributed by atoms with Crippen LogP contribution in [0.5, 0.6) is 0 Å². The van der Waals surface area contributed by atoms with Crippen LogP contribution >= 0.6 is 0 Å². The van der Waals surface area contributed by atoms with Crippen LogP contribution < -0.4 is 0 Å². The van der Waals surface area contributed by atoms with Gasteiger partial charge in [0, 0.05) is 17.6 Å². The molecule has 0 spiro atoms. The zero-order chi connectivity index (χ0) is 13.7. The first-order valence-electron chi connectivity index (χ1n) is 6.13. The van der Waals surface area contributed by atoms with Crippen LogP contribution in [0.3, 0.4) is 0 Å².